The van der Waals surface area contributed by atoms with Crippen LogP contribution in [0.15, 0.2) is 24.3 Å². The van der Waals surface area contributed by atoms with Gasteiger partial charge in [-0.1, -0.05) is 47.5 Å². The minimum atomic E-state index is 0.673. The molecule has 0 bridgehead atoms. The highest BCUT2D eigenvalue weighted by Crippen LogP contribution is 2.21. The highest BCUT2D eigenvalue weighted by Gasteiger charge is 2.05. The lowest BCUT2D eigenvalue weighted by Gasteiger charge is -2.10. The first-order valence-electron chi connectivity index (χ1n) is 6.04. The highest BCUT2D eigenvalue weighted by molar-refractivity contribution is 9.09. The van der Waals surface area contributed by atoms with Crippen molar-refractivity contribution in [2.24, 2.45) is 0 Å². The molecule has 2 heteroatoms. The third-order valence-corrected chi connectivity index (χ3v) is 3.67. The minimum Gasteiger partial charge on any atom is -0.496 e. The van der Waals surface area contributed by atoms with Crippen LogP contribution in [0.4, 0.5) is 0 Å². The van der Waals surface area contributed by atoms with Crippen LogP contribution in [0.5, 0.6) is 5.75 Å². The van der Waals surface area contributed by atoms with E-state index < -0.39 is 0 Å². The van der Waals surface area contributed by atoms with Crippen LogP contribution in [-0.4, -0.2) is 11.9 Å². The third kappa shape index (κ3) is 4.56. The van der Waals surface area contributed by atoms with Gasteiger partial charge < -0.3 is 4.74 Å². The molecule has 1 aromatic rings. The van der Waals surface area contributed by atoms with E-state index in [-0.39, 0.29) is 0 Å². The molecule has 0 saturated carbocycles. The van der Waals surface area contributed by atoms with E-state index in [2.05, 4.69) is 35.0 Å². The third-order valence-electron chi connectivity index (χ3n) is 2.76. The molecule has 0 aliphatic carbocycles. The number of hydrogen-bond donors (Lipinski definition) is 0. The number of alkyl halides is 1. The lowest BCUT2D eigenvalue weighted by molar-refractivity contribution is 0.409. The number of benzene rings is 1. The molecule has 0 N–H and O–H groups in total. The van der Waals surface area contributed by atoms with Gasteiger partial charge in [-0.05, 0) is 37.3 Å². The molecule has 0 radical (unpaired) electrons. The quantitative estimate of drug-likeness (QED) is 0.666. The molecule has 1 atom stereocenters. The van der Waals surface area contributed by atoms with Crippen LogP contribution >= 0.6 is 15.9 Å². The maximum Gasteiger partial charge on any atom is 0.122 e. The van der Waals surface area contributed by atoms with E-state index in [4.69, 9.17) is 4.74 Å². The van der Waals surface area contributed by atoms with Gasteiger partial charge in [0.1, 0.15) is 5.75 Å². The number of ether oxygens (including phenoxy) is 1. The van der Waals surface area contributed by atoms with Crippen LogP contribution in [0.1, 0.15) is 38.2 Å². The molecule has 0 heterocycles. The van der Waals surface area contributed by atoms with Crippen molar-refractivity contribution in [1.29, 1.82) is 0 Å². The van der Waals surface area contributed by atoms with Crippen molar-refractivity contribution < 1.29 is 4.74 Å². The van der Waals surface area contributed by atoms with E-state index in [0.29, 0.717) is 4.83 Å². The summed E-state index contributed by atoms with van der Waals surface area (Å²) >= 11 is 3.72. The van der Waals surface area contributed by atoms with Gasteiger partial charge in [0.05, 0.1) is 7.11 Å². The van der Waals surface area contributed by atoms with Gasteiger partial charge in [0.15, 0.2) is 0 Å². The fraction of sp³-hybridized carbons (Fsp3) is 0.571. The smallest absolute Gasteiger partial charge is 0.122 e. The number of aryl methyl sites for hydroxylation is 1. The number of halogens is 1. The van der Waals surface area contributed by atoms with E-state index in [1.165, 1.54) is 31.2 Å². The van der Waals surface area contributed by atoms with Gasteiger partial charge >= 0.3 is 0 Å². The average molecular weight is 285 g/mol. The van der Waals surface area contributed by atoms with Crippen molar-refractivity contribution in [2.45, 2.75) is 43.9 Å². The van der Waals surface area contributed by atoms with Gasteiger partial charge in [0.2, 0.25) is 0 Å². The summed E-state index contributed by atoms with van der Waals surface area (Å²) in [5.74, 6) is 1.02. The molecular formula is C14H21BrO. The Morgan fingerprint density at radius 3 is 2.69 bits per heavy atom. The topological polar surface area (TPSA) is 9.23 Å². The van der Waals surface area contributed by atoms with E-state index in [1.54, 1.807) is 7.11 Å². The number of rotatable bonds is 7. The lowest BCUT2D eigenvalue weighted by Crippen LogP contribution is -1.99. The highest BCUT2D eigenvalue weighted by atomic mass is 79.9. The SMILES string of the molecule is CCCC(Br)CCCc1ccccc1OC. The zero-order valence-electron chi connectivity index (χ0n) is 10.2. The molecule has 1 nitrogen and oxygen atoms in total. The standard InChI is InChI=1S/C14H21BrO/c1-3-7-13(15)10-6-9-12-8-4-5-11-14(12)16-2/h4-5,8,11,13H,3,6-7,9-10H2,1-2H3. The van der Waals surface area contributed by atoms with E-state index in [9.17, 15) is 0 Å². The Bertz CT molecular complexity index is 299. The van der Waals surface area contributed by atoms with Gasteiger partial charge in [0, 0.05) is 4.83 Å². The Balaban J connectivity index is 2.36. The Labute approximate surface area is 107 Å². The van der Waals surface area contributed by atoms with Gasteiger partial charge in [-0.2, -0.15) is 0 Å². The van der Waals surface area contributed by atoms with Crippen LogP contribution in [0.25, 0.3) is 0 Å². The predicted molar refractivity (Wildman–Crippen MR) is 73.6 cm³/mol. The first-order valence-corrected chi connectivity index (χ1v) is 6.95. The summed E-state index contributed by atoms with van der Waals surface area (Å²) in [5.41, 5.74) is 1.32. The second-order valence-corrected chi connectivity index (χ2v) is 5.38. The van der Waals surface area contributed by atoms with Crippen molar-refractivity contribution in [3.63, 3.8) is 0 Å². The lowest BCUT2D eigenvalue weighted by atomic mass is 10.0. The summed E-state index contributed by atoms with van der Waals surface area (Å²) in [6.07, 6.45) is 6.09. The zero-order valence-corrected chi connectivity index (χ0v) is 11.8. The minimum absolute atomic E-state index is 0.673. The van der Waals surface area contributed by atoms with Crippen molar-refractivity contribution >= 4 is 15.9 Å². The van der Waals surface area contributed by atoms with Gasteiger partial charge in [-0.15, -0.1) is 0 Å². The summed E-state index contributed by atoms with van der Waals surface area (Å²) in [4.78, 5) is 0.673. The molecule has 0 amide bonds. The second-order valence-electron chi connectivity index (χ2n) is 4.09. The Morgan fingerprint density at radius 1 is 1.25 bits per heavy atom. The summed E-state index contributed by atoms with van der Waals surface area (Å²) in [6, 6.07) is 8.29. The molecule has 1 unspecified atom stereocenters. The fourth-order valence-electron chi connectivity index (χ4n) is 1.88. The van der Waals surface area contributed by atoms with E-state index in [1.807, 2.05) is 12.1 Å². The van der Waals surface area contributed by atoms with Crippen LogP contribution < -0.4 is 4.74 Å². The van der Waals surface area contributed by atoms with E-state index in [0.717, 1.165) is 12.2 Å². The molecule has 0 aromatic heterocycles. The molecule has 1 rings (SSSR count). The average Bonchev–Trinajstić information content (AvgIpc) is 2.30. The van der Waals surface area contributed by atoms with Crippen LogP contribution in [0, 0.1) is 0 Å². The molecule has 0 aliphatic rings. The summed E-state index contributed by atoms with van der Waals surface area (Å²) in [5, 5.41) is 0. The summed E-state index contributed by atoms with van der Waals surface area (Å²) in [7, 11) is 1.74. The maximum absolute atomic E-state index is 5.34. The Hall–Kier alpha value is -0.500. The summed E-state index contributed by atoms with van der Waals surface area (Å²) < 4.78 is 5.34. The normalized spacial score (nSPS) is 12.4. The second kappa shape index (κ2) is 7.72. The molecule has 16 heavy (non-hydrogen) atoms. The van der Waals surface area contributed by atoms with Crippen LogP contribution in [-0.2, 0) is 6.42 Å². The maximum atomic E-state index is 5.34. The van der Waals surface area contributed by atoms with Crippen LogP contribution in [0.2, 0.25) is 0 Å². The number of para-hydroxylation sites is 1. The first-order chi connectivity index (χ1) is 7.77. The molecular weight excluding hydrogens is 264 g/mol. The Morgan fingerprint density at radius 2 is 2.00 bits per heavy atom. The molecule has 0 spiro atoms. The molecule has 0 aliphatic heterocycles. The van der Waals surface area contributed by atoms with E-state index >= 15 is 0 Å². The fourth-order valence-corrected chi connectivity index (χ4v) is 2.66. The van der Waals surface area contributed by atoms with Crippen molar-refractivity contribution in [3.05, 3.63) is 29.8 Å². The molecule has 0 fully saturated rings. The Kier molecular flexibility index (Phi) is 6.55. The molecule has 0 saturated heterocycles. The van der Waals surface area contributed by atoms with Crippen molar-refractivity contribution in [3.8, 4) is 5.75 Å². The van der Waals surface area contributed by atoms with Crippen molar-refractivity contribution in [2.75, 3.05) is 7.11 Å². The number of hydrogen-bond acceptors (Lipinski definition) is 1. The van der Waals surface area contributed by atoms with Crippen LogP contribution in [0.3, 0.4) is 0 Å². The van der Waals surface area contributed by atoms with Gasteiger partial charge in [0.25, 0.3) is 0 Å². The molecule has 90 valence electrons. The van der Waals surface area contributed by atoms with Crippen molar-refractivity contribution in [1.82, 2.24) is 0 Å². The monoisotopic (exact) mass is 284 g/mol. The zero-order chi connectivity index (χ0) is 11.8. The largest absolute Gasteiger partial charge is 0.496 e. The van der Waals surface area contributed by atoms with Gasteiger partial charge in [-0.3, -0.25) is 0 Å². The first kappa shape index (κ1) is 13.6. The predicted octanol–water partition coefficient (Wildman–Crippen LogP) is 4.58. The van der Waals surface area contributed by atoms with Gasteiger partial charge in [-0.25, -0.2) is 0 Å². The summed E-state index contributed by atoms with van der Waals surface area (Å²) in [6.45, 7) is 2.23. The molecule has 1 aromatic carbocycles. The number of methoxy groups -OCH3 is 1.